The Bertz CT molecular complexity index is 921. The van der Waals surface area contributed by atoms with Crippen molar-refractivity contribution in [2.45, 2.75) is 58.2 Å². The van der Waals surface area contributed by atoms with Gasteiger partial charge in [0.25, 0.3) is 0 Å². The monoisotopic (exact) mass is 420 g/mol. The Balaban J connectivity index is 2.76. The molecule has 0 fully saturated rings. The quantitative estimate of drug-likeness (QED) is 0.335. The van der Waals surface area contributed by atoms with E-state index >= 15 is 0 Å². The Labute approximate surface area is 173 Å². The molecule has 0 aliphatic carbocycles. The number of benzene rings is 2. The number of hydrogen-bond acceptors (Lipinski definition) is 3. The highest BCUT2D eigenvalue weighted by Crippen LogP contribution is 2.41. The minimum Gasteiger partial charge on any atom is -0.507 e. The van der Waals surface area contributed by atoms with E-state index in [4.69, 9.17) is 9.47 Å². The summed E-state index contributed by atoms with van der Waals surface area (Å²) < 4.78 is 39.3. The van der Waals surface area contributed by atoms with Crippen molar-refractivity contribution < 1.29 is 23.4 Å². The first kappa shape index (κ1) is 23.2. The van der Waals surface area contributed by atoms with Gasteiger partial charge >= 0.3 is 0 Å². The summed E-state index contributed by atoms with van der Waals surface area (Å²) in [7, 11) is -0.687. The number of fused-ring (bicyclic) bond motifs is 1. The molecule has 2 aromatic carbocycles. The van der Waals surface area contributed by atoms with Crippen LogP contribution in [0, 0.1) is 23.1 Å². The molecule has 29 heavy (non-hydrogen) atoms. The molecule has 1 N–H and O–H groups in total. The van der Waals surface area contributed by atoms with E-state index in [0.717, 1.165) is 6.07 Å². The minimum atomic E-state index is -2.16. The van der Waals surface area contributed by atoms with Crippen LogP contribution in [0.25, 0.3) is 10.8 Å². The Hall–Kier alpha value is -2.10. The summed E-state index contributed by atoms with van der Waals surface area (Å²) >= 11 is 0. The van der Waals surface area contributed by atoms with Crippen LogP contribution < -0.4 is 4.74 Å². The maximum Gasteiger partial charge on any atom is 0.188 e. The van der Waals surface area contributed by atoms with Crippen LogP contribution in [-0.4, -0.2) is 27.1 Å². The summed E-state index contributed by atoms with van der Waals surface area (Å²) in [6.07, 6.45) is 0. The van der Waals surface area contributed by atoms with Gasteiger partial charge in [-0.3, -0.25) is 0 Å². The van der Waals surface area contributed by atoms with Gasteiger partial charge in [0.05, 0.1) is 5.56 Å². The highest BCUT2D eigenvalue weighted by molar-refractivity contribution is 6.90. The first-order valence-corrected chi connectivity index (χ1v) is 12.1. The lowest BCUT2D eigenvalue weighted by atomic mass is 10.0. The Morgan fingerprint density at radius 2 is 1.59 bits per heavy atom. The van der Waals surface area contributed by atoms with E-state index in [-0.39, 0.29) is 23.5 Å². The molecule has 0 saturated heterocycles. The molecule has 0 bridgehead atoms. The molecule has 0 aliphatic heterocycles. The maximum absolute atomic E-state index is 14.8. The normalized spacial score (nSPS) is 12.0. The summed E-state index contributed by atoms with van der Waals surface area (Å²) in [5, 5.41) is 11.1. The van der Waals surface area contributed by atoms with Crippen LogP contribution in [0.15, 0.2) is 18.2 Å². The number of hydrogen-bond donors (Lipinski definition) is 1. The summed E-state index contributed by atoms with van der Waals surface area (Å²) in [5.41, 5.74) is 4.34. The van der Waals surface area contributed by atoms with E-state index in [9.17, 15) is 13.9 Å². The van der Waals surface area contributed by atoms with Gasteiger partial charge in [0.15, 0.2) is 18.4 Å². The average Bonchev–Trinajstić information content (AvgIpc) is 2.62. The smallest absolute Gasteiger partial charge is 0.188 e. The highest BCUT2D eigenvalue weighted by atomic mass is 28.3. The predicted octanol–water partition coefficient (Wildman–Crippen LogP) is 6.38. The standard InChI is InChI=1S/C23H30F2O3Si/c1-14(2)29(15(3)4,16(5)6)9-8-19-22-17(11-20(24)23(19)25)10-18(12-21(22)26)28-13-27-7/h10-12,14-16,26H,13H2,1-7H3. The third kappa shape index (κ3) is 4.41. The van der Waals surface area contributed by atoms with Crippen LogP contribution in [-0.2, 0) is 4.74 Å². The number of rotatable bonds is 6. The number of ether oxygens (including phenoxy) is 2. The van der Waals surface area contributed by atoms with Crippen molar-refractivity contribution in [3.8, 4) is 23.0 Å². The van der Waals surface area contributed by atoms with E-state index in [1.54, 1.807) is 6.07 Å². The zero-order valence-corrected chi connectivity index (χ0v) is 19.2. The largest absolute Gasteiger partial charge is 0.507 e. The second-order valence-electron chi connectivity index (χ2n) is 8.29. The van der Waals surface area contributed by atoms with Gasteiger partial charge in [0, 0.05) is 18.6 Å². The Kier molecular flexibility index (Phi) is 7.31. The fourth-order valence-corrected chi connectivity index (χ4v) is 9.58. The second-order valence-corrected chi connectivity index (χ2v) is 13.9. The molecule has 0 spiro atoms. The van der Waals surface area contributed by atoms with Gasteiger partial charge in [0.2, 0.25) is 0 Å². The summed E-state index contributed by atoms with van der Waals surface area (Å²) in [5.74, 6) is 1.01. The first-order valence-electron chi connectivity index (χ1n) is 9.85. The minimum absolute atomic E-state index is 0.0213. The van der Waals surface area contributed by atoms with Crippen LogP contribution >= 0.6 is 0 Å². The number of halogens is 2. The molecular weight excluding hydrogens is 390 g/mol. The molecule has 0 atom stereocenters. The Morgan fingerprint density at radius 1 is 1.00 bits per heavy atom. The highest BCUT2D eigenvalue weighted by Gasteiger charge is 2.41. The molecule has 0 radical (unpaired) electrons. The van der Waals surface area contributed by atoms with Crippen LogP contribution in [0.1, 0.15) is 47.1 Å². The molecule has 0 unspecified atom stereocenters. The molecule has 3 nitrogen and oxygen atoms in total. The molecule has 0 aromatic heterocycles. The molecule has 2 aromatic rings. The molecule has 6 heteroatoms. The van der Waals surface area contributed by atoms with E-state index in [0.29, 0.717) is 27.8 Å². The van der Waals surface area contributed by atoms with Crippen molar-refractivity contribution in [3.63, 3.8) is 0 Å². The van der Waals surface area contributed by atoms with Gasteiger partial charge in [-0.25, -0.2) is 8.78 Å². The zero-order valence-electron chi connectivity index (χ0n) is 18.2. The third-order valence-electron chi connectivity index (χ3n) is 5.70. The van der Waals surface area contributed by atoms with Crippen molar-refractivity contribution in [3.05, 3.63) is 35.4 Å². The summed E-state index contributed by atoms with van der Waals surface area (Å²) in [6.45, 7) is 12.9. The first-order chi connectivity index (χ1) is 13.6. The molecule has 0 amide bonds. The molecule has 158 valence electrons. The van der Waals surface area contributed by atoms with Gasteiger partial charge in [-0.05, 0) is 34.1 Å². The molecule has 0 saturated carbocycles. The number of methoxy groups -OCH3 is 1. The predicted molar refractivity (Wildman–Crippen MR) is 116 cm³/mol. The van der Waals surface area contributed by atoms with Crippen molar-refractivity contribution in [1.29, 1.82) is 0 Å². The van der Waals surface area contributed by atoms with Gasteiger partial charge < -0.3 is 14.6 Å². The lowest BCUT2D eigenvalue weighted by molar-refractivity contribution is 0.0511. The van der Waals surface area contributed by atoms with Crippen molar-refractivity contribution in [2.24, 2.45) is 0 Å². The number of phenolic OH excluding ortho intramolecular Hbond substituents is 1. The SMILES string of the molecule is COCOc1cc(O)c2c(C#C[Si](C(C)C)(C(C)C)C(C)C)c(F)c(F)cc2c1. The number of aromatic hydroxyl groups is 1. The van der Waals surface area contributed by atoms with Crippen LogP contribution in [0.2, 0.25) is 16.6 Å². The van der Waals surface area contributed by atoms with Gasteiger partial charge in [-0.1, -0.05) is 47.5 Å². The van der Waals surface area contributed by atoms with Crippen molar-refractivity contribution in [1.82, 2.24) is 0 Å². The van der Waals surface area contributed by atoms with Crippen LogP contribution in [0.4, 0.5) is 8.78 Å². The fourth-order valence-electron chi connectivity index (χ4n) is 4.37. The maximum atomic E-state index is 14.8. The van der Waals surface area contributed by atoms with E-state index < -0.39 is 19.7 Å². The topological polar surface area (TPSA) is 38.7 Å². The van der Waals surface area contributed by atoms with Gasteiger partial charge in [-0.15, -0.1) is 5.54 Å². The molecule has 0 aliphatic rings. The summed E-state index contributed by atoms with van der Waals surface area (Å²) in [6, 6.07) is 3.95. The van der Waals surface area contributed by atoms with E-state index in [2.05, 4.69) is 53.0 Å². The zero-order chi connectivity index (χ0) is 21.9. The van der Waals surface area contributed by atoms with Gasteiger partial charge in [0.1, 0.15) is 19.6 Å². The van der Waals surface area contributed by atoms with Crippen LogP contribution in [0.3, 0.4) is 0 Å². The van der Waals surface area contributed by atoms with E-state index in [1.807, 2.05) is 0 Å². The number of phenols is 1. The Morgan fingerprint density at radius 3 is 2.10 bits per heavy atom. The summed E-state index contributed by atoms with van der Waals surface area (Å²) in [4.78, 5) is 0. The van der Waals surface area contributed by atoms with Crippen molar-refractivity contribution in [2.75, 3.05) is 13.9 Å². The van der Waals surface area contributed by atoms with Crippen LogP contribution in [0.5, 0.6) is 11.5 Å². The third-order valence-corrected chi connectivity index (χ3v) is 12.0. The lowest BCUT2D eigenvalue weighted by Gasteiger charge is -2.38. The fraction of sp³-hybridized carbons (Fsp3) is 0.478. The molecule has 0 heterocycles. The second kappa shape index (κ2) is 9.14. The average molecular weight is 421 g/mol. The van der Waals surface area contributed by atoms with E-state index in [1.165, 1.54) is 13.2 Å². The molecular formula is C23H30F2O3Si. The van der Waals surface area contributed by atoms with Gasteiger partial charge in [-0.2, -0.15) is 0 Å². The van der Waals surface area contributed by atoms with Crippen molar-refractivity contribution >= 4 is 18.8 Å². The lowest BCUT2D eigenvalue weighted by Crippen LogP contribution is -2.43. The molecule has 2 rings (SSSR count).